The number of hydrogen-bond acceptors (Lipinski definition) is 2. The SMILES string of the molecule is CC(C)C[C@H](NC(=O)Cc1ccc(I)cc1)C(=O)O. The zero-order chi connectivity index (χ0) is 14.4. The predicted molar refractivity (Wildman–Crippen MR) is 81.9 cm³/mol. The van der Waals surface area contributed by atoms with E-state index in [2.05, 4.69) is 27.9 Å². The molecular formula is C14H18INO3. The molecule has 0 bridgehead atoms. The highest BCUT2D eigenvalue weighted by molar-refractivity contribution is 14.1. The number of aliphatic carboxylic acids is 1. The largest absolute Gasteiger partial charge is 0.480 e. The van der Waals surface area contributed by atoms with E-state index in [1.165, 1.54) is 0 Å². The van der Waals surface area contributed by atoms with Gasteiger partial charge in [-0.05, 0) is 52.6 Å². The van der Waals surface area contributed by atoms with E-state index >= 15 is 0 Å². The molecule has 0 aromatic heterocycles. The fraction of sp³-hybridized carbons (Fsp3) is 0.429. The second-order valence-corrected chi connectivity index (χ2v) is 6.14. The second-order valence-electron chi connectivity index (χ2n) is 4.89. The van der Waals surface area contributed by atoms with Gasteiger partial charge < -0.3 is 10.4 Å². The Labute approximate surface area is 126 Å². The van der Waals surface area contributed by atoms with E-state index in [0.29, 0.717) is 6.42 Å². The summed E-state index contributed by atoms with van der Waals surface area (Å²) in [6.07, 6.45) is 0.645. The normalized spacial score (nSPS) is 12.2. The molecule has 0 aliphatic heterocycles. The minimum atomic E-state index is -0.982. The molecule has 0 fully saturated rings. The quantitative estimate of drug-likeness (QED) is 0.751. The Hall–Kier alpha value is -1.11. The van der Waals surface area contributed by atoms with Crippen LogP contribution in [0, 0.1) is 9.49 Å². The van der Waals surface area contributed by atoms with Crippen molar-refractivity contribution in [2.24, 2.45) is 5.92 Å². The summed E-state index contributed by atoms with van der Waals surface area (Å²) in [5, 5.41) is 11.6. The number of amides is 1. The van der Waals surface area contributed by atoms with Gasteiger partial charge in [-0.1, -0.05) is 26.0 Å². The first-order chi connectivity index (χ1) is 8.88. The zero-order valence-corrected chi connectivity index (χ0v) is 13.2. The average Bonchev–Trinajstić information content (AvgIpc) is 2.30. The van der Waals surface area contributed by atoms with Gasteiger partial charge >= 0.3 is 5.97 Å². The van der Waals surface area contributed by atoms with Crippen LogP contribution >= 0.6 is 22.6 Å². The van der Waals surface area contributed by atoms with Crippen molar-refractivity contribution in [3.63, 3.8) is 0 Å². The Balaban J connectivity index is 2.57. The molecule has 5 heteroatoms. The minimum Gasteiger partial charge on any atom is -0.480 e. The summed E-state index contributed by atoms with van der Waals surface area (Å²) in [5.41, 5.74) is 0.881. The first-order valence-electron chi connectivity index (χ1n) is 6.15. The number of hydrogen-bond donors (Lipinski definition) is 2. The molecule has 0 aliphatic rings. The molecule has 0 radical (unpaired) electrons. The van der Waals surface area contributed by atoms with Gasteiger partial charge in [0.1, 0.15) is 6.04 Å². The van der Waals surface area contributed by atoms with Gasteiger partial charge in [0.2, 0.25) is 5.91 Å². The van der Waals surface area contributed by atoms with Gasteiger partial charge in [-0.3, -0.25) is 4.79 Å². The fourth-order valence-electron chi connectivity index (χ4n) is 1.73. The van der Waals surface area contributed by atoms with Crippen LogP contribution in [0.5, 0.6) is 0 Å². The van der Waals surface area contributed by atoms with Crippen molar-refractivity contribution in [2.75, 3.05) is 0 Å². The highest BCUT2D eigenvalue weighted by Crippen LogP contribution is 2.08. The van der Waals surface area contributed by atoms with Gasteiger partial charge in [0.25, 0.3) is 0 Å². The molecule has 1 rings (SSSR count). The number of carbonyl (C=O) groups is 2. The maximum absolute atomic E-state index is 11.8. The molecule has 1 amide bonds. The van der Waals surface area contributed by atoms with Crippen LogP contribution in [-0.2, 0) is 16.0 Å². The zero-order valence-electron chi connectivity index (χ0n) is 11.0. The van der Waals surface area contributed by atoms with Gasteiger partial charge in [0.15, 0.2) is 0 Å². The number of nitrogens with one attached hydrogen (secondary N) is 1. The number of benzene rings is 1. The highest BCUT2D eigenvalue weighted by Gasteiger charge is 2.20. The fourth-order valence-corrected chi connectivity index (χ4v) is 2.09. The third-order valence-electron chi connectivity index (χ3n) is 2.62. The Morgan fingerprint density at radius 3 is 2.32 bits per heavy atom. The van der Waals surface area contributed by atoms with Crippen molar-refractivity contribution < 1.29 is 14.7 Å². The first-order valence-corrected chi connectivity index (χ1v) is 7.23. The predicted octanol–water partition coefficient (Wildman–Crippen LogP) is 2.45. The maximum atomic E-state index is 11.8. The Morgan fingerprint density at radius 2 is 1.84 bits per heavy atom. The number of halogens is 1. The summed E-state index contributed by atoms with van der Waals surface area (Å²) >= 11 is 2.19. The number of rotatable bonds is 6. The second kappa shape index (κ2) is 7.47. The summed E-state index contributed by atoms with van der Waals surface area (Å²) in [6, 6.07) is 6.79. The van der Waals surface area contributed by atoms with E-state index in [9.17, 15) is 9.59 Å². The van der Waals surface area contributed by atoms with Crippen LogP contribution in [0.3, 0.4) is 0 Å². The minimum absolute atomic E-state index is 0.207. The van der Waals surface area contributed by atoms with Crippen LogP contribution in [0.2, 0.25) is 0 Å². The molecule has 0 unspecified atom stereocenters. The highest BCUT2D eigenvalue weighted by atomic mass is 127. The monoisotopic (exact) mass is 375 g/mol. The Bertz CT molecular complexity index is 443. The van der Waals surface area contributed by atoms with Gasteiger partial charge in [-0.15, -0.1) is 0 Å². The van der Waals surface area contributed by atoms with Crippen molar-refractivity contribution in [3.05, 3.63) is 33.4 Å². The molecule has 1 aromatic carbocycles. The van der Waals surface area contributed by atoms with Crippen LogP contribution in [0.4, 0.5) is 0 Å². The molecule has 0 heterocycles. The number of carboxylic acids is 1. The lowest BCUT2D eigenvalue weighted by Crippen LogP contribution is -2.42. The summed E-state index contributed by atoms with van der Waals surface area (Å²) in [7, 11) is 0. The third kappa shape index (κ3) is 6.04. The average molecular weight is 375 g/mol. The molecule has 19 heavy (non-hydrogen) atoms. The lowest BCUT2D eigenvalue weighted by Gasteiger charge is -2.16. The van der Waals surface area contributed by atoms with Crippen LogP contribution in [0.1, 0.15) is 25.8 Å². The van der Waals surface area contributed by atoms with Gasteiger partial charge in [-0.2, -0.15) is 0 Å². The molecular weight excluding hydrogens is 357 g/mol. The molecule has 1 aromatic rings. The Kier molecular flexibility index (Phi) is 6.27. The van der Waals surface area contributed by atoms with Crippen LogP contribution in [-0.4, -0.2) is 23.0 Å². The van der Waals surface area contributed by atoms with Crippen molar-refractivity contribution in [2.45, 2.75) is 32.7 Å². The number of carbonyl (C=O) groups excluding carboxylic acids is 1. The van der Waals surface area contributed by atoms with Gasteiger partial charge in [-0.25, -0.2) is 4.79 Å². The van der Waals surface area contributed by atoms with E-state index in [1.807, 2.05) is 38.1 Å². The topological polar surface area (TPSA) is 66.4 Å². The molecule has 4 nitrogen and oxygen atoms in total. The van der Waals surface area contributed by atoms with Crippen molar-refractivity contribution in [3.8, 4) is 0 Å². The van der Waals surface area contributed by atoms with Crippen LogP contribution < -0.4 is 5.32 Å². The molecule has 0 aliphatic carbocycles. The maximum Gasteiger partial charge on any atom is 0.326 e. The lowest BCUT2D eigenvalue weighted by atomic mass is 10.0. The van der Waals surface area contributed by atoms with Gasteiger partial charge in [0.05, 0.1) is 6.42 Å². The molecule has 0 saturated heterocycles. The molecule has 104 valence electrons. The standard InChI is InChI=1S/C14H18INO3/c1-9(2)7-12(14(18)19)16-13(17)8-10-3-5-11(15)6-4-10/h3-6,9,12H,7-8H2,1-2H3,(H,16,17)(H,18,19)/t12-/m0/s1. The van der Waals surface area contributed by atoms with Crippen molar-refractivity contribution >= 4 is 34.5 Å². The van der Waals surface area contributed by atoms with E-state index in [-0.39, 0.29) is 18.2 Å². The summed E-state index contributed by atoms with van der Waals surface area (Å²) in [6.45, 7) is 3.86. The van der Waals surface area contributed by atoms with E-state index in [4.69, 9.17) is 5.11 Å². The molecule has 0 spiro atoms. The van der Waals surface area contributed by atoms with Crippen molar-refractivity contribution in [1.82, 2.24) is 5.32 Å². The lowest BCUT2D eigenvalue weighted by molar-refractivity contribution is -0.142. The Morgan fingerprint density at radius 1 is 1.26 bits per heavy atom. The summed E-state index contributed by atoms with van der Waals surface area (Å²) in [4.78, 5) is 22.9. The van der Waals surface area contributed by atoms with Gasteiger partial charge in [0, 0.05) is 3.57 Å². The van der Waals surface area contributed by atoms with Crippen LogP contribution in [0.25, 0.3) is 0 Å². The van der Waals surface area contributed by atoms with E-state index in [0.717, 1.165) is 9.13 Å². The van der Waals surface area contributed by atoms with Crippen LogP contribution in [0.15, 0.2) is 24.3 Å². The summed E-state index contributed by atoms with van der Waals surface area (Å²) in [5.74, 6) is -1.02. The summed E-state index contributed by atoms with van der Waals surface area (Å²) < 4.78 is 1.10. The first kappa shape index (κ1) is 15.9. The smallest absolute Gasteiger partial charge is 0.326 e. The number of carboxylic acid groups (broad SMARTS) is 1. The van der Waals surface area contributed by atoms with E-state index in [1.54, 1.807) is 0 Å². The van der Waals surface area contributed by atoms with Crippen molar-refractivity contribution in [1.29, 1.82) is 0 Å². The molecule has 2 N–H and O–H groups in total. The molecule has 1 atom stereocenters. The molecule has 0 saturated carbocycles. The van der Waals surface area contributed by atoms with E-state index < -0.39 is 12.0 Å². The third-order valence-corrected chi connectivity index (χ3v) is 3.34.